The van der Waals surface area contributed by atoms with Crippen molar-refractivity contribution in [2.75, 3.05) is 7.11 Å². The Balaban J connectivity index is 1.45. The largest absolute Gasteiger partial charge is 0.486 e. The van der Waals surface area contributed by atoms with Gasteiger partial charge in [-0.2, -0.15) is 0 Å². The first-order chi connectivity index (χ1) is 14.7. The molecule has 1 atom stereocenters. The summed E-state index contributed by atoms with van der Waals surface area (Å²) >= 11 is 0. The zero-order valence-corrected chi connectivity index (χ0v) is 17.4. The quantitative estimate of drug-likeness (QED) is 0.405. The van der Waals surface area contributed by atoms with Crippen molar-refractivity contribution in [1.82, 2.24) is 9.97 Å². The summed E-state index contributed by atoms with van der Waals surface area (Å²) in [5, 5.41) is 1.11. The number of benzene rings is 1. The number of ether oxygens (including phenoxy) is 2. The fraction of sp³-hybridized carbons (Fsp3) is 0.400. The molecule has 1 aromatic carbocycles. The molecule has 2 heterocycles. The van der Waals surface area contributed by atoms with Gasteiger partial charge in [0.1, 0.15) is 18.3 Å². The Kier molecular flexibility index (Phi) is 6.57. The second-order valence-electron chi connectivity index (χ2n) is 7.96. The normalized spacial score (nSPS) is 16.0. The van der Waals surface area contributed by atoms with Crippen LogP contribution in [0.25, 0.3) is 10.9 Å². The number of esters is 1. The van der Waals surface area contributed by atoms with E-state index in [1.54, 1.807) is 6.20 Å². The molecule has 30 heavy (non-hydrogen) atoms. The van der Waals surface area contributed by atoms with Crippen LogP contribution in [0.4, 0.5) is 0 Å². The summed E-state index contributed by atoms with van der Waals surface area (Å²) in [5.41, 5.74) is 2.59. The summed E-state index contributed by atoms with van der Waals surface area (Å²) in [6, 6.07) is 15.8. The predicted octanol–water partition coefficient (Wildman–Crippen LogP) is 5.44. The van der Waals surface area contributed by atoms with Crippen LogP contribution in [-0.4, -0.2) is 23.0 Å². The van der Waals surface area contributed by atoms with Gasteiger partial charge in [-0.05, 0) is 43.0 Å². The number of rotatable bonds is 6. The highest BCUT2D eigenvalue weighted by Gasteiger charge is 2.32. The SMILES string of the molecule is COC(=O)C(c1ccc(OCc2ccc3ccccc3n2)cn1)C1CCCCCC1. The molecule has 3 aromatic rings. The molecule has 0 bridgehead atoms. The monoisotopic (exact) mass is 404 g/mol. The molecule has 0 N–H and O–H groups in total. The minimum absolute atomic E-state index is 0.191. The van der Waals surface area contributed by atoms with Crippen molar-refractivity contribution in [3.63, 3.8) is 0 Å². The Morgan fingerprint density at radius 1 is 1.03 bits per heavy atom. The van der Waals surface area contributed by atoms with Gasteiger partial charge in [-0.1, -0.05) is 49.9 Å². The highest BCUT2D eigenvalue weighted by atomic mass is 16.5. The molecule has 1 aliphatic rings. The van der Waals surface area contributed by atoms with Crippen LogP contribution in [0, 0.1) is 5.92 Å². The number of nitrogens with zero attached hydrogens (tertiary/aromatic N) is 2. The molecule has 1 aliphatic carbocycles. The van der Waals surface area contributed by atoms with Crippen LogP contribution in [0.2, 0.25) is 0 Å². The van der Waals surface area contributed by atoms with Crippen LogP contribution in [0.5, 0.6) is 5.75 Å². The molecule has 0 amide bonds. The summed E-state index contributed by atoms with van der Waals surface area (Å²) in [6.45, 7) is 0.370. The number of aromatic nitrogens is 2. The third kappa shape index (κ3) is 4.78. The van der Waals surface area contributed by atoms with Crippen molar-refractivity contribution in [3.05, 3.63) is 66.1 Å². The fourth-order valence-electron chi connectivity index (χ4n) is 4.33. The van der Waals surface area contributed by atoms with Gasteiger partial charge in [-0.25, -0.2) is 4.98 Å². The fourth-order valence-corrected chi connectivity index (χ4v) is 4.33. The number of carbonyl (C=O) groups is 1. The van der Waals surface area contributed by atoms with Crippen LogP contribution >= 0.6 is 0 Å². The summed E-state index contributed by atoms with van der Waals surface area (Å²) in [7, 11) is 1.46. The molecule has 0 spiro atoms. The molecule has 2 aromatic heterocycles. The molecule has 1 saturated carbocycles. The molecule has 0 radical (unpaired) electrons. The van der Waals surface area contributed by atoms with Crippen LogP contribution in [-0.2, 0) is 16.1 Å². The lowest BCUT2D eigenvalue weighted by molar-refractivity contribution is -0.144. The smallest absolute Gasteiger partial charge is 0.315 e. The number of carbonyl (C=O) groups excluding carboxylic acids is 1. The Labute approximate surface area is 177 Å². The molecule has 4 rings (SSSR count). The summed E-state index contributed by atoms with van der Waals surface area (Å²) in [5.74, 6) is 0.465. The number of hydrogen-bond donors (Lipinski definition) is 0. The van der Waals surface area contributed by atoms with Gasteiger partial charge in [0.15, 0.2) is 0 Å². The number of methoxy groups -OCH3 is 1. The molecular formula is C25H28N2O3. The maximum atomic E-state index is 12.5. The first kappa shape index (κ1) is 20.3. The molecule has 0 aliphatic heterocycles. The highest BCUT2D eigenvalue weighted by molar-refractivity contribution is 5.78. The van der Waals surface area contributed by atoms with E-state index in [2.05, 4.69) is 16.0 Å². The van der Waals surface area contributed by atoms with Crippen LogP contribution in [0.3, 0.4) is 0 Å². The lowest BCUT2D eigenvalue weighted by atomic mass is 9.83. The van der Waals surface area contributed by atoms with Crippen molar-refractivity contribution in [2.45, 2.75) is 51.0 Å². The third-order valence-electron chi connectivity index (χ3n) is 5.95. The molecule has 5 heteroatoms. The summed E-state index contributed by atoms with van der Waals surface area (Å²) in [4.78, 5) is 21.7. The molecule has 1 fully saturated rings. The van der Waals surface area contributed by atoms with Crippen molar-refractivity contribution in [3.8, 4) is 5.75 Å². The van der Waals surface area contributed by atoms with Crippen molar-refractivity contribution in [1.29, 1.82) is 0 Å². The predicted molar refractivity (Wildman–Crippen MR) is 116 cm³/mol. The average Bonchev–Trinajstić information content (AvgIpc) is 3.08. The number of para-hydroxylation sites is 1. The van der Waals surface area contributed by atoms with Crippen molar-refractivity contribution in [2.24, 2.45) is 5.92 Å². The van der Waals surface area contributed by atoms with E-state index in [1.165, 1.54) is 20.0 Å². The van der Waals surface area contributed by atoms with Gasteiger partial charge in [0.05, 0.1) is 30.2 Å². The van der Waals surface area contributed by atoms with E-state index >= 15 is 0 Å². The molecule has 0 saturated heterocycles. The molecule has 156 valence electrons. The van der Waals surface area contributed by atoms with Gasteiger partial charge < -0.3 is 9.47 Å². The molecule has 1 unspecified atom stereocenters. The third-order valence-corrected chi connectivity index (χ3v) is 5.95. The van der Waals surface area contributed by atoms with E-state index in [0.717, 1.165) is 48.0 Å². The van der Waals surface area contributed by atoms with E-state index < -0.39 is 0 Å². The van der Waals surface area contributed by atoms with Crippen molar-refractivity contribution < 1.29 is 14.3 Å². The van der Waals surface area contributed by atoms with E-state index in [0.29, 0.717) is 18.3 Å². The van der Waals surface area contributed by atoms with Gasteiger partial charge in [0.2, 0.25) is 0 Å². The summed E-state index contributed by atoms with van der Waals surface area (Å²) in [6.07, 6.45) is 8.61. The van der Waals surface area contributed by atoms with E-state index in [1.807, 2.05) is 42.5 Å². The first-order valence-electron chi connectivity index (χ1n) is 10.8. The first-order valence-corrected chi connectivity index (χ1v) is 10.8. The van der Waals surface area contributed by atoms with Crippen molar-refractivity contribution >= 4 is 16.9 Å². The van der Waals surface area contributed by atoms with E-state index in [9.17, 15) is 4.79 Å². The summed E-state index contributed by atoms with van der Waals surface area (Å²) < 4.78 is 11.0. The zero-order valence-electron chi connectivity index (χ0n) is 17.4. The van der Waals surface area contributed by atoms with Gasteiger partial charge >= 0.3 is 5.97 Å². The standard InChI is InChI=1S/C25H28N2O3/c1-29-25(28)24(19-9-4-2-3-5-10-19)23-15-14-21(16-26-23)30-17-20-13-12-18-8-6-7-11-22(18)27-20/h6-8,11-16,19,24H,2-5,9-10,17H2,1H3. The topological polar surface area (TPSA) is 61.3 Å². The Hall–Kier alpha value is -2.95. The van der Waals surface area contributed by atoms with Gasteiger partial charge in [-0.15, -0.1) is 0 Å². The van der Waals surface area contributed by atoms with Crippen LogP contribution in [0.1, 0.15) is 55.8 Å². The lowest BCUT2D eigenvalue weighted by Crippen LogP contribution is -2.24. The Morgan fingerprint density at radius 2 is 1.83 bits per heavy atom. The van der Waals surface area contributed by atoms with Gasteiger partial charge in [0, 0.05) is 5.39 Å². The lowest BCUT2D eigenvalue weighted by Gasteiger charge is -2.23. The van der Waals surface area contributed by atoms with E-state index in [-0.39, 0.29) is 11.9 Å². The number of pyridine rings is 2. The minimum Gasteiger partial charge on any atom is -0.486 e. The molecule has 5 nitrogen and oxygen atoms in total. The zero-order chi connectivity index (χ0) is 20.8. The van der Waals surface area contributed by atoms with Crippen LogP contribution in [0.15, 0.2) is 54.7 Å². The second-order valence-corrected chi connectivity index (χ2v) is 7.96. The van der Waals surface area contributed by atoms with Gasteiger partial charge in [-0.3, -0.25) is 9.78 Å². The van der Waals surface area contributed by atoms with E-state index in [4.69, 9.17) is 9.47 Å². The van der Waals surface area contributed by atoms with Crippen LogP contribution < -0.4 is 4.74 Å². The number of hydrogen-bond acceptors (Lipinski definition) is 5. The Morgan fingerprint density at radius 3 is 2.57 bits per heavy atom. The maximum Gasteiger partial charge on any atom is 0.315 e. The maximum absolute atomic E-state index is 12.5. The minimum atomic E-state index is -0.302. The number of fused-ring (bicyclic) bond motifs is 1. The Bertz CT molecular complexity index is 979. The van der Waals surface area contributed by atoms with Gasteiger partial charge in [0.25, 0.3) is 0 Å². The molecular weight excluding hydrogens is 376 g/mol. The highest BCUT2D eigenvalue weighted by Crippen LogP contribution is 2.35. The average molecular weight is 405 g/mol. The second kappa shape index (κ2) is 9.70.